The van der Waals surface area contributed by atoms with Gasteiger partial charge in [0.2, 0.25) is 0 Å². The van der Waals surface area contributed by atoms with Gasteiger partial charge in [-0.15, -0.1) is 0 Å². The van der Waals surface area contributed by atoms with Crippen molar-refractivity contribution in [2.45, 2.75) is 6.43 Å². The van der Waals surface area contributed by atoms with Crippen LogP contribution in [-0.2, 0) is 0 Å². The molecule has 0 aliphatic heterocycles. The van der Waals surface area contributed by atoms with Crippen LogP contribution in [0.3, 0.4) is 0 Å². The van der Waals surface area contributed by atoms with Gasteiger partial charge in [0.25, 0.3) is 12.1 Å². The number of nitriles is 1. The summed E-state index contributed by atoms with van der Waals surface area (Å²) in [5.41, 5.74) is 3.18. The molecule has 2 N–H and O–H groups in total. The molecule has 0 unspecified atom stereocenters. The molecular weight excluding hydrogens is 210 g/mol. The van der Waals surface area contributed by atoms with E-state index < -0.39 is 34.1 Å². The van der Waals surface area contributed by atoms with Crippen LogP contribution in [0.1, 0.15) is 17.7 Å². The summed E-state index contributed by atoms with van der Waals surface area (Å²) in [5, 5.41) is 18.8. The van der Waals surface area contributed by atoms with E-state index in [-0.39, 0.29) is 0 Å². The smallest absolute Gasteiger partial charge is 0.388 e. The minimum atomic E-state index is -2.99. The molecular formula is C7H4F2N4O2. The average molecular weight is 214 g/mol. The molecule has 0 radical (unpaired) electrons. The van der Waals surface area contributed by atoms with Crippen molar-refractivity contribution in [3.63, 3.8) is 0 Å². The predicted molar refractivity (Wildman–Crippen MR) is 45.0 cm³/mol. The molecule has 0 saturated carbocycles. The summed E-state index contributed by atoms with van der Waals surface area (Å²) in [6, 6.07) is 2.17. The Balaban J connectivity index is 3.49. The third-order valence-corrected chi connectivity index (χ3v) is 1.59. The van der Waals surface area contributed by atoms with Gasteiger partial charge in [-0.25, -0.2) is 8.78 Å². The maximum atomic E-state index is 12.3. The van der Waals surface area contributed by atoms with E-state index in [0.29, 0.717) is 0 Å². The fourth-order valence-electron chi connectivity index (χ4n) is 0.938. The van der Waals surface area contributed by atoms with Crippen LogP contribution in [0.5, 0.6) is 0 Å². The Morgan fingerprint density at radius 1 is 1.67 bits per heavy atom. The minimum absolute atomic E-state index is 0.466. The molecule has 8 heteroatoms. The summed E-state index contributed by atoms with van der Waals surface area (Å²) in [5.74, 6) is -0.927. The molecule has 15 heavy (non-hydrogen) atoms. The largest absolute Gasteiger partial charge is 0.391 e. The highest BCUT2D eigenvalue weighted by Crippen LogP contribution is 2.31. The lowest BCUT2D eigenvalue weighted by atomic mass is 10.2. The highest BCUT2D eigenvalue weighted by atomic mass is 19.3. The molecule has 0 aromatic carbocycles. The van der Waals surface area contributed by atoms with Gasteiger partial charge in [-0.3, -0.25) is 0 Å². The van der Waals surface area contributed by atoms with Crippen LogP contribution in [0.15, 0.2) is 6.07 Å². The Morgan fingerprint density at radius 3 is 2.67 bits per heavy atom. The van der Waals surface area contributed by atoms with E-state index >= 15 is 0 Å². The molecule has 1 rings (SSSR count). The van der Waals surface area contributed by atoms with Crippen LogP contribution in [0.4, 0.5) is 20.3 Å². The molecule has 1 aromatic heterocycles. The molecule has 0 amide bonds. The number of alkyl halides is 2. The fourth-order valence-corrected chi connectivity index (χ4v) is 0.938. The molecule has 0 bridgehead atoms. The Hall–Kier alpha value is -2.30. The summed E-state index contributed by atoms with van der Waals surface area (Å²) in [6.07, 6.45) is -2.99. The van der Waals surface area contributed by atoms with Gasteiger partial charge in [-0.05, 0) is 9.91 Å². The van der Waals surface area contributed by atoms with Gasteiger partial charge >= 0.3 is 5.82 Å². The zero-order valence-corrected chi connectivity index (χ0v) is 7.15. The van der Waals surface area contributed by atoms with Crippen molar-refractivity contribution >= 4 is 11.5 Å². The zero-order chi connectivity index (χ0) is 11.6. The number of anilines is 1. The standard InChI is InChI=1S/C7H4F2N4O2/c8-6(9)4-1-3(2-10)12-7(5(4)11)13(14)15/h1,6H,11H2. The Kier molecular flexibility index (Phi) is 2.75. The number of halogens is 2. The number of rotatable bonds is 2. The van der Waals surface area contributed by atoms with E-state index in [9.17, 15) is 18.9 Å². The third-order valence-electron chi connectivity index (χ3n) is 1.59. The average Bonchev–Trinajstić information content (AvgIpc) is 2.17. The summed E-state index contributed by atoms with van der Waals surface area (Å²) in [4.78, 5) is 12.6. The van der Waals surface area contributed by atoms with Crippen molar-refractivity contribution in [3.05, 3.63) is 27.4 Å². The number of pyridine rings is 1. The second-order valence-electron chi connectivity index (χ2n) is 2.50. The van der Waals surface area contributed by atoms with E-state index in [2.05, 4.69) is 4.98 Å². The number of hydrogen-bond donors (Lipinski definition) is 1. The number of nitrogens with zero attached hydrogens (tertiary/aromatic N) is 3. The van der Waals surface area contributed by atoms with E-state index in [1.165, 1.54) is 6.07 Å². The van der Waals surface area contributed by atoms with Crippen LogP contribution < -0.4 is 5.73 Å². The lowest BCUT2D eigenvalue weighted by Gasteiger charge is -2.03. The lowest BCUT2D eigenvalue weighted by molar-refractivity contribution is -0.388. The highest BCUT2D eigenvalue weighted by Gasteiger charge is 2.24. The minimum Gasteiger partial charge on any atom is -0.391 e. The van der Waals surface area contributed by atoms with E-state index in [1.54, 1.807) is 0 Å². The van der Waals surface area contributed by atoms with Gasteiger partial charge in [0.05, 0.1) is 5.56 Å². The molecule has 0 spiro atoms. The van der Waals surface area contributed by atoms with Gasteiger partial charge < -0.3 is 15.8 Å². The van der Waals surface area contributed by atoms with Gasteiger partial charge in [0.15, 0.2) is 0 Å². The molecule has 78 valence electrons. The van der Waals surface area contributed by atoms with Crippen LogP contribution >= 0.6 is 0 Å². The normalized spacial score (nSPS) is 10.0. The quantitative estimate of drug-likeness (QED) is 0.591. The fraction of sp³-hybridized carbons (Fsp3) is 0.143. The van der Waals surface area contributed by atoms with Crippen molar-refractivity contribution in [3.8, 4) is 6.07 Å². The van der Waals surface area contributed by atoms with E-state index in [4.69, 9.17) is 11.0 Å². The van der Waals surface area contributed by atoms with Gasteiger partial charge in [-0.2, -0.15) is 5.26 Å². The summed E-state index contributed by atoms with van der Waals surface area (Å²) < 4.78 is 24.7. The van der Waals surface area contributed by atoms with Crippen LogP contribution in [0, 0.1) is 21.4 Å². The molecule has 0 fully saturated rings. The van der Waals surface area contributed by atoms with Crippen LogP contribution in [0.2, 0.25) is 0 Å². The monoisotopic (exact) mass is 214 g/mol. The highest BCUT2D eigenvalue weighted by molar-refractivity contribution is 5.61. The van der Waals surface area contributed by atoms with Gasteiger partial charge in [0, 0.05) is 6.07 Å². The molecule has 0 saturated heterocycles. The molecule has 0 atom stereocenters. The molecule has 0 aliphatic carbocycles. The number of aromatic nitrogens is 1. The first-order chi connectivity index (χ1) is 6.97. The van der Waals surface area contributed by atoms with Gasteiger partial charge in [-0.1, -0.05) is 0 Å². The van der Waals surface area contributed by atoms with Crippen molar-refractivity contribution in [1.82, 2.24) is 4.98 Å². The van der Waals surface area contributed by atoms with Crippen molar-refractivity contribution in [2.75, 3.05) is 5.73 Å². The van der Waals surface area contributed by atoms with Crippen LogP contribution in [-0.4, -0.2) is 9.91 Å². The summed E-state index contributed by atoms with van der Waals surface area (Å²) in [6.45, 7) is 0. The predicted octanol–water partition coefficient (Wildman–Crippen LogP) is 1.38. The number of nitrogens with two attached hydrogens (primary N) is 1. The van der Waals surface area contributed by atoms with Crippen molar-refractivity contribution in [2.24, 2.45) is 0 Å². The number of hydrogen-bond acceptors (Lipinski definition) is 5. The molecule has 0 aliphatic rings. The number of nitrogen functional groups attached to an aromatic ring is 1. The summed E-state index contributed by atoms with van der Waals surface area (Å²) in [7, 11) is 0. The maximum Gasteiger partial charge on any atom is 0.388 e. The number of nitro groups is 1. The summed E-state index contributed by atoms with van der Waals surface area (Å²) >= 11 is 0. The first kappa shape index (κ1) is 10.8. The molecule has 1 aromatic rings. The molecule has 6 nitrogen and oxygen atoms in total. The SMILES string of the molecule is N#Cc1cc(C(F)F)c(N)c([N+](=O)[O-])n1. The zero-order valence-electron chi connectivity index (χ0n) is 7.15. The van der Waals surface area contributed by atoms with Crippen molar-refractivity contribution in [1.29, 1.82) is 5.26 Å². The van der Waals surface area contributed by atoms with E-state index in [0.717, 1.165) is 6.07 Å². The molecule has 1 heterocycles. The topological polar surface area (TPSA) is 106 Å². The Bertz CT molecular complexity index is 455. The van der Waals surface area contributed by atoms with E-state index in [1.807, 2.05) is 0 Å². The Morgan fingerprint density at radius 2 is 2.27 bits per heavy atom. The second kappa shape index (κ2) is 3.83. The first-order valence-electron chi connectivity index (χ1n) is 3.60. The maximum absolute atomic E-state index is 12.3. The van der Waals surface area contributed by atoms with Crippen LogP contribution in [0.25, 0.3) is 0 Å². The lowest BCUT2D eigenvalue weighted by Crippen LogP contribution is -2.04. The Labute approximate surface area is 82.1 Å². The van der Waals surface area contributed by atoms with Crippen molar-refractivity contribution < 1.29 is 13.7 Å². The van der Waals surface area contributed by atoms with Gasteiger partial charge in [0.1, 0.15) is 11.8 Å². The second-order valence-corrected chi connectivity index (χ2v) is 2.50. The first-order valence-corrected chi connectivity index (χ1v) is 3.60. The third kappa shape index (κ3) is 1.96.